The van der Waals surface area contributed by atoms with Crippen LogP contribution in [-0.2, 0) is 9.47 Å². The highest BCUT2D eigenvalue weighted by atomic mass is 16.5. The second-order valence-corrected chi connectivity index (χ2v) is 5.02. The SMILES string of the molecule is CCCCCC[C@H]1CCC[C@H]([C@H](C)OC)O1. The van der Waals surface area contributed by atoms with Crippen LogP contribution in [0.25, 0.3) is 0 Å². The Morgan fingerprint density at radius 3 is 2.75 bits per heavy atom. The molecule has 16 heavy (non-hydrogen) atoms. The molecule has 0 N–H and O–H groups in total. The highest BCUT2D eigenvalue weighted by Gasteiger charge is 2.26. The molecule has 2 nitrogen and oxygen atoms in total. The molecule has 96 valence electrons. The Labute approximate surface area is 101 Å². The lowest BCUT2D eigenvalue weighted by molar-refractivity contribution is -0.112. The zero-order chi connectivity index (χ0) is 11.8. The first-order valence-corrected chi connectivity index (χ1v) is 6.96. The van der Waals surface area contributed by atoms with E-state index in [4.69, 9.17) is 9.47 Å². The number of unbranched alkanes of at least 4 members (excludes halogenated alkanes) is 3. The number of hydrogen-bond donors (Lipinski definition) is 0. The molecular formula is C14H28O2. The summed E-state index contributed by atoms with van der Waals surface area (Å²) < 4.78 is 11.5. The van der Waals surface area contributed by atoms with Crippen molar-refractivity contribution >= 4 is 0 Å². The smallest absolute Gasteiger partial charge is 0.0837 e. The predicted molar refractivity (Wildman–Crippen MR) is 67.7 cm³/mol. The lowest BCUT2D eigenvalue weighted by atomic mass is 9.97. The third-order valence-corrected chi connectivity index (χ3v) is 3.66. The Kier molecular flexibility index (Phi) is 7.06. The number of ether oxygens (including phenoxy) is 2. The zero-order valence-electron chi connectivity index (χ0n) is 11.2. The average Bonchev–Trinajstić information content (AvgIpc) is 2.34. The van der Waals surface area contributed by atoms with Gasteiger partial charge in [-0.3, -0.25) is 0 Å². The molecule has 0 radical (unpaired) electrons. The molecule has 1 rings (SSSR count). The predicted octanol–water partition coefficient (Wildman–Crippen LogP) is 3.93. The Bertz CT molecular complexity index is 170. The molecule has 1 saturated heterocycles. The summed E-state index contributed by atoms with van der Waals surface area (Å²) in [5, 5.41) is 0. The Morgan fingerprint density at radius 1 is 1.25 bits per heavy atom. The zero-order valence-corrected chi connectivity index (χ0v) is 11.2. The van der Waals surface area contributed by atoms with Crippen LogP contribution in [0.2, 0.25) is 0 Å². The van der Waals surface area contributed by atoms with Crippen LogP contribution in [0.5, 0.6) is 0 Å². The third-order valence-electron chi connectivity index (χ3n) is 3.66. The van der Waals surface area contributed by atoms with Gasteiger partial charge in [0.15, 0.2) is 0 Å². The maximum atomic E-state index is 6.09. The molecule has 2 heteroatoms. The molecule has 0 amide bonds. The monoisotopic (exact) mass is 228 g/mol. The summed E-state index contributed by atoms with van der Waals surface area (Å²) in [6.07, 6.45) is 11.4. The lowest BCUT2D eigenvalue weighted by Crippen LogP contribution is -2.36. The van der Waals surface area contributed by atoms with E-state index in [1.807, 2.05) is 0 Å². The van der Waals surface area contributed by atoms with Gasteiger partial charge in [-0.1, -0.05) is 32.6 Å². The van der Waals surface area contributed by atoms with Crippen LogP contribution in [0.1, 0.15) is 65.2 Å². The molecule has 0 saturated carbocycles. The third kappa shape index (κ3) is 4.84. The van der Waals surface area contributed by atoms with Gasteiger partial charge in [0.05, 0.1) is 18.3 Å². The van der Waals surface area contributed by atoms with Crippen molar-refractivity contribution in [1.29, 1.82) is 0 Å². The summed E-state index contributed by atoms with van der Waals surface area (Å²) in [6, 6.07) is 0. The molecule has 0 unspecified atom stereocenters. The van der Waals surface area contributed by atoms with Gasteiger partial charge in [0.2, 0.25) is 0 Å². The molecule has 0 aromatic heterocycles. The van der Waals surface area contributed by atoms with Gasteiger partial charge < -0.3 is 9.47 Å². The van der Waals surface area contributed by atoms with E-state index in [9.17, 15) is 0 Å². The van der Waals surface area contributed by atoms with Crippen molar-refractivity contribution in [3.8, 4) is 0 Å². The largest absolute Gasteiger partial charge is 0.379 e. The van der Waals surface area contributed by atoms with Crippen molar-refractivity contribution in [2.45, 2.75) is 83.5 Å². The first kappa shape index (κ1) is 14.0. The normalized spacial score (nSPS) is 27.9. The summed E-state index contributed by atoms with van der Waals surface area (Å²) in [4.78, 5) is 0. The molecule has 1 aliphatic rings. The van der Waals surface area contributed by atoms with Crippen molar-refractivity contribution in [1.82, 2.24) is 0 Å². The van der Waals surface area contributed by atoms with Crippen molar-refractivity contribution in [3.63, 3.8) is 0 Å². The van der Waals surface area contributed by atoms with Crippen LogP contribution in [0.3, 0.4) is 0 Å². The van der Waals surface area contributed by atoms with Gasteiger partial charge in [-0.05, 0) is 32.6 Å². The van der Waals surface area contributed by atoms with Crippen LogP contribution in [-0.4, -0.2) is 25.4 Å². The lowest BCUT2D eigenvalue weighted by Gasteiger charge is -2.33. The first-order valence-electron chi connectivity index (χ1n) is 6.96. The number of hydrogen-bond acceptors (Lipinski definition) is 2. The van der Waals surface area contributed by atoms with Crippen molar-refractivity contribution in [2.24, 2.45) is 0 Å². The summed E-state index contributed by atoms with van der Waals surface area (Å²) in [5.74, 6) is 0. The van der Waals surface area contributed by atoms with E-state index in [1.54, 1.807) is 7.11 Å². The first-order chi connectivity index (χ1) is 7.77. The Balaban J connectivity index is 2.17. The Hall–Kier alpha value is -0.0800. The maximum absolute atomic E-state index is 6.09. The van der Waals surface area contributed by atoms with Gasteiger partial charge in [-0.15, -0.1) is 0 Å². The van der Waals surface area contributed by atoms with E-state index in [0.29, 0.717) is 12.2 Å². The fourth-order valence-electron chi connectivity index (χ4n) is 2.44. The molecule has 0 bridgehead atoms. The highest BCUT2D eigenvalue weighted by molar-refractivity contribution is 4.75. The molecular weight excluding hydrogens is 200 g/mol. The number of methoxy groups -OCH3 is 1. The van der Waals surface area contributed by atoms with E-state index in [2.05, 4.69) is 13.8 Å². The molecule has 1 fully saturated rings. The molecule has 0 aromatic rings. The van der Waals surface area contributed by atoms with Gasteiger partial charge in [-0.25, -0.2) is 0 Å². The van der Waals surface area contributed by atoms with E-state index in [0.717, 1.165) is 0 Å². The van der Waals surface area contributed by atoms with Crippen LogP contribution in [0.4, 0.5) is 0 Å². The van der Waals surface area contributed by atoms with Crippen LogP contribution in [0.15, 0.2) is 0 Å². The van der Waals surface area contributed by atoms with E-state index in [1.165, 1.54) is 51.4 Å². The van der Waals surface area contributed by atoms with Crippen molar-refractivity contribution < 1.29 is 9.47 Å². The fraction of sp³-hybridized carbons (Fsp3) is 1.00. The van der Waals surface area contributed by atoms with Gasteiger partial charge in [0.1, 0.15) is 0 Å². The minimum atomic E-state index is 0.249. The van der Waals surface area contributed by atoms with E-state index < -0.39 is 0 Å². The average molecular weight is 228 g/mol. The van der Waals surface area contributed by atoms with Gasteiger partial charge in [0, 0.05) is 7.11 Å². The molecule has 0 aliphatic carbocycles. The van der Waals surface area contributed by atoms with Crippen molar-refractivity contribution in [3.05, 3.63) is 0 Å². The minimum absolute atomic E-state index is 0.249. The highest BCUT2D eigenvalue weighted by Crippen LogP contribution is 2.25. The maximum Gasteiger partial charge on any atom is 0.0837 e. The van der Waals surface area contributed by atoms with Crippen LogP contribution in [0, 0.1) is 0 Å². The molecule has 0 aromatic carbocycles. The summed E-state index contributed by atoms with van der Waals surface area (Å²) in [7, 11) is 1.78. The standard InChI is InChI=1S/C14H28O2/c1-4-5-6-7-9-13-10-8-11-14(16-13)12(2)15-3/h12-14H,4-11H2,1-3H3/t12-,13-,14+/m0/s1. The van der Waals surface area contributed by atoms with Gasteiger partial charge >= 0.3 is 0 Å². The summed E-state index contributed by atoms with van der Waals surface area (Å²) >= 11 is 0. The second kappa shape index (κ2) is 8.08. The van der Waals surface area contributed by atoms with Crippen molar-refractivity contribution in [2.75, 3.05) is 7.11 Å². The number of rotatable bonds is 7. The Morgan fingerprint density at radius 2 is 2.06 bits per heavy atom. The molecule has 1 heterocycles. The van der Waals surface area contributed by atoms with Crippen LogP contribution >= 0.6 is 0 Å². The van der Waals surface area contributed by atoms with E-state index in [-0.39, 0.29) is 6.10 Å². The quantitative estimate of drug-likeness (QED) is 0.615. The van der Waals surface area contributed by atoms with E-state index >= 15 is 0 Å². The minimum Gasteiger partial charge on any atom is -0.379 e. The van der Waals surface area contributed by atoms with Gasteiger partial charge in [0.25, 0.3) is 0 Å². The molecule has 0 spiro atoms. The fourth-order valence-corrected chi connectivity index (χ4v) is 2.44. The summed E-state index contributed by atoms with van der Waals surface area (Å²) in [5.41, 5.74) is 0. The van der Waals surface area contributed by atoms with Gasteiger partial charge in [-0.2, -0.15) is 0 Å². The molecule has 3 atom stereocenters. The summed E-state index contributed by atoms with van der Waals surface area (Å²) in [6.45, 7) is 4.37. The molecule has 1 aliphatic heterocycles. The topological polar surface area (TPSA) is 18.5 Å². The van der Waals surface area contributed by atoms with Crippen LogP contribution < -0.4 is 0 Å². The second-order valence-electron chi connectivity index (χ2n) is 5.02.